The molecule has 0 saturated carbocycles. The van der Waals surface area contributed by atoms with Crippen LogP contribution in [-0.2, 0) is 4.70 Å². The van der Waals surface area contributed by atoms with Gasteiger partial charge in [0.1, 0.15) is 0 Å². The van der Waals surface area contributed by atoms with Gasteiger partial charge >= 0.3 is 161 Å². The monoisotopic (exact) mass is 359 g/mol. The summed E-state index contributed by atoms with van der Waals surface area (Å²) in [6, 6.07) is 28.4. The molecule has 0 saturated heterocycles. The third-order valence-electron chi connectivity index (χ3n) is 5.47. The minimum absolute atomic E-state index is 0.644. The summed E-state index contributed by atoms with van der Waals surface area (Å²) < 4.78 is 20.3. The van der Waals surface area contributed by atoms with Gasteiger partial charge in [0.05, 0.1) is 0 Å². The Hall–Kier alpha value is -3.66. The first-order valence-electron chi connectivity index (χ1n) is 9.24. The van der Waals surface area contributed by atoms with E-state index in [9.17, 15) is 4.70 Å². The van der Waals surface area contributed by atoms with Crippen molar-refractivity contribution in [1.29, 1.82) is 0 Å². The summed E-state index contributed by atoms with van der Waals surface area (Å²) in [4.78, 5) is 0. The van der Waals surface area contributed by atoms with Crippen molar-refractivity contribution in [3.63, 3.8) is 0 Å². The zero-order valence-electron chi connectivity index (χ0n) is 14.9. The van der Waals surface area contributed by atoms with Gasteiger partial charge in [0.2, 0.25) is 0 Å². The predicted octanol–water partition coefficient (Wildman–Crippen LogP) is 5.36. The van der Waals surface area contributed by atoms with Gasteiger partial charge < -0.3 is 0 Å². The van der Waals surface area contributed by atoms with E-state index in [1.165, 1.54) is 10.8 Å². The summed E-state index contributed by atoms with van der Waals surface area (Å²) in [5.74, 6) is 0. The number of aromatic nitrogens is 1. The predicted molar refractivity (Wildman–Crippen MR) is 114 cm³/mol. The van der Waals surface area contributed by atoms with Gasteiger partial charge in [-0.05, 0) is 0 Å². The van der Waals surface area contributed by atoms with Gasteiger partial charge in [-0.3, -0.25) is 0 Å². The van der Waals surface area contributed by atoms with Crippen molar-refractivity contribution in [2.45, 2.75) is 0 Å². The number of hydrogen-bond acceptors (Lipinski definition) is 2. The third kappa shape index (κ3) is 2.00. The summed E-state index contributed by atoms with van der Waals surface area (Å²) in [5.41, 5.74) is 5.23. The van der Waals surface area contributed by atoms with Crippen LogP contribution in [0.5, 0.6) is 0 Å². The van der Waals surface area contributed by atoms with Crippen molar-refractivity contribution in [2.24, 2.45) is 0 Å². The van der Waals surface area contributed by atoms with E-state index < -0.39 is 0 Å². The minimum atomic E-state index is 0.644. The average molecular weight is 359 g/mol. The van der Waals surface area contributed by atoms with Crippen LogP contribution in [0.4, 0.5) is 0 Å². The van der Waals surface area contributed by atoms with Gasteiger partial charge in [0.15, 0.2) is 0 Å². The van der Waals surface area contributed by atoms with E-state index in [4.69, 9.17) is 4.42 Å². The molecule has 0 bridgehead atoms. The molecule has 3 nitrogen and oxygen atoms in total. The molecule has 0 radical (unpaired) electrons. The molecule has 0 aliphatic heterocycles. The van der Waals surface area contributed by atoms with E-state index in [0.717, 1.165) is 45.8 Å². The van der Waals surface area contributed by atoms with Gasteiger partial charge in [-0.1, -0.05) is 0 Å². The second kappa shape index (κ2) is 5.67. The number of fused-ring (bicyclic) bond motifs is 6. The van der Waals surface area contributed by atoms with Gasteiger partial charge in [0, 0.05) is 0 Å². The number of furan rings is 1. The van der Waals surface area contributed by atoms with Crippen LogP contribution >= 0.6 is 0 Å². The Balaban J connectivity index is 1.79. The van der Waals surface area contributed by atoms with Crippen LogP contribution in [0.3, 0.4) is 0 Å². The zero-order valence-corrected chi connectivity index (χ0v) is 14.9. The molecule has 28 heavy (non-hydrogen) atoms. The van der Waals surface area contributed by atoms with Gasteiger partial charge in [0.25, 0.3) is 0 Å². The van der Waals surface area contributed by atoms with Crippen molar-refractivity contribution in [3.05, 3.63) is 84.9 Å². The van der Waals surface area contributed by atoms with Gasteiger partial charge in [-0.2, -0.15) is 0 Å². The van der Waals surface area contributed by atoms with E-state index in [-0.39, 0.29) is 0 Å². The molecule has 0 fully saturated rings. The number of nitrogens with zero attached hydrogens (tertiary/aromatic N) is 1. The molecule has 6 rings (SSSR count). The number of para-hydroxylation sites is 3. The van der Waals surface area contributed by atoms with Crippen molar-refractivity contribution in [3.8, 4) is 5.69 Å². The van der Waals surface area contributed by atoms with Crippen LogP contribution in [0, 0.1) is 0 Å². The Labute approximate surface area is 161 Å². The average Bonchev–Trinajstić information content (AvgIpc) is 3.28. The van der Waals surface area contributed by atoms with Crippen molar-refractivity contribution in [1.82, 2.24) is 4.57 Å². The van der Waals surface area contributed by atoms with Crippen LogP contribution in [-0.4, -0.2) is 11.7 Å². The Bertz CT molecular complexity index is 1490. The summed E-state index contributed by atoms with van der Waals surface area (Å²) in [6.45, 7) is 0. The molecule has 0 spiro atoms. The first-order chi connectivity index (χ1) is 13.8. The Morgan fingerprint density at radius 1 is 0.643 bits per heavy atom. The van der Waals surface area contributed by atoms with Crippen LogP contribution in [0.25, 0.3) is 49.4 Å². The molecular formula is C24H14BNO2. The molecule has 0 atom stereocenters. The molecule has 4 heteroatoms. The molecular weight excluding hydrogens is 345 g/mol. The molecule has 6 aromatic rings. The van der Waals surface area contributed by atoms with Crippen molar-refractivity contribution in [2.75, 3.05) is 0 Å². The van der Waals surface area contributed by atoms with Crippen LogP contribution in [0.2, 0.25) is 0 Å². The van der Waals surface area contributed by atoms with E-state index >= 15 is 0 Å². The van der Waals surface area contributed by atoms with Crippen LogP contribution < -0.4 is 5.46 Å². The summed E-state index contributed by atoms with van der Waals surface area (Å²) in [5, 5.41) is 4.32. The first kappa shape index (κ1) is 15.4. The van der Waals surface area contributed by atoms with Crippen molar-refractivity contribution >= 4 is 56.4 Å². The number of rotatable bonds is 2. The molecule has 0 N–H and O–H groups in total. The van der Waals surface area contributed by atoms with E-state index in [0.29, 0.717) is 5.46 Å². The van der Waals surface area contributed by atoms with E-state index in [1.54, 1.807) is 0 Å². The summed E-state index contributed by atoms with van der Waals surface area (Å²) in [7, 11) is 0.931. The summed E-state index contributed by atoms with van der Waals surface area (Å²) in [6.07, 6.45) is 0. The maximum atomic E-state index is 12.1. The molecule has 2 aromatic heterocycles. The van der Waals surface area contributed by atoms with Crippen LogP contribution in [0.15, 0.2) is 89.3 Å². The quantitative estimate of drug-likeness (QED) is 0.390. The Morgan fingerprint density at radius 2 is 1.25 bits per heavy atom. The molecule has 0 unspecified atom stereocenters. The summed E-state index contributed by atoms with van der Waals surface area (Å²) >= 11 is 0. The second-order valence-electron chi connectivity index (χ2n) is 6.99. The van der Waals surface area contributed by atoms with Crippen molar-refractivity contribution < 1.29 is 9.12 Å². The molecule has 0 aliphatic rings. The normalized spacial score (nSPS) is 11.6. The van der Waals surface area contributed by atoms with E-state index in [2.05, 4.69) is 28.8 Å². The maximum absolute atomic E-state index is 12.1. The SMILES string of the molecule is O=Bc1cc2c(cc1-n1c3ccccc3c3ccccc31)oc1ccccc12. The van der Waals surface area contributed by atoms with Crippen LogP contribution in [0.1, 0.15) is 0 Å². The number of hydrogen-bond donors (Lipinski definition) is 0. The zero-order chi connectivity index (χ0) is 18.7. The second-order valence-corrected chi connectivity index (χ2v) is 6.99. The molecule has 4 aromatic carbocycles. The molecule has 0 amide bonds. The molecule has 2 heterocycles. The fourth-order valence-corrected chi connectivity index (χ4v) is 4.25. The van der Waals surface area contributed by atoms with E-state index in [1.807, 2.05) is 60.7 Å². The molecule has 0 aliphatic carbocycles. The number of benzene rings is 4. The molecule has 130 valence electrons. The Morgan fingerprint density at radius 3 is 1.93 bits per heavy atom. The first-order valence-corrected chi connectivity index (χ1v) is 9.24. The van der Waals surface area contributed by atoms with Gasteiger partial charge in [-0.25, -0.2) is 0 Å². The topological polar surface area (TPSA) is 35.1 Å². The standard InChI is InChI=1S/C24H14BNO2/c27-25-19-13-18-17-9-3-6-12-23(17)28-24(18)14-22(19)26-20-10-4-1-7-15(20)16-8-2-5-11-21(16)26/h1-14H. The third-order valence-corrected chi connectivity index (χ3v) is 5.47. The fourth-order valence-electron chi connectivity index (χ4n) is 4.25. The fraction of sp³-hybridized carbons (Fsp3) is 0. The van der Waals surface area contributed by atoms with Gasteiger partial charge in [-0.15, -0.1) is 0 Å². The Kier molecular flexibility index (Phi) is 3.12.